The highest BCUT2D eigenvalue weighted by Gasteiger charge is 2.40. The van der Waals surface area contributed by atoms with Gasteiger partial charge in [0.15, 0.2) is 23.7 Å². The average molecular weight is 549 g/mol. The summed E-state index contributed by atoms with van der Waals surface area (Å²) in [6.45, 7) is 20.4. The van der Waals surface area contributed by atoms with E-state index in [-0.39, 0.29) is 11.5 Å². The lowest BCUT2D eigenvalue weighted by molar-refractivity contribution is -0.476. The first kappa shape index (κ1) is 29.0. The summed E-state index contributed by atoms with van der Waals surface area (Å²) in [5.41, 5.74) is 8.85. The SMILES string of the molecule is CC1=C(C)[N+](CCN(C)N2CCCC2)=C(C)C1=C1C(=O)C(c2c(C)c(C)n(CCN(C)N3CCCC3)c2C)=C1[O-]. The number of Topliss-reactive ketones (excluding diaryl/α,β-unsaturated/α-hetero) is 1. The maximum Gasteiger partial charge on any atom is 0.193 e. The number of ketones is 1. The van der Waals surface area contributed by atoms with Crippen LogP contribution in [0.3, 0.4) is 0 Å². The summed E-state index contributed by atoms with van der Waals surface area (Å²) in [5, 5.41) is 23.2. The number of aromatic nitrogens is 1. The van der Waals surface area contributed by atoms with Gasteiger partial charge in [0.2, 0.25) is 0 Å². The number of allylic oxidation sites excluding steroid dienone is 5. The van der Waals surface area contributed by atoms with Crippen molar-refractivity contribution >= 4 is 17.1 Å². The molecule has 0 bridgehead atoms. The molecule has 1 aromatic heterocycles. The van der Waals surface area contributed by atoms with Gasteiger partial charge in [0.25, 0.3) is 0 Å². The molecule has 3 aliphatic heterocycles. The molecular weight excluding hydrogens is 500 g/mol. The molecule has 0 spiro atoms. The van der Waals surface area contributed by atoms with Crippen LogP contribution in [-0.4, -0.2) is 101 Å². The van der Waals surface area contributed by atoms with E-state index in [0.29, 0.717) is 11.1 Å². The van der Waals surface area contributed by atoms with Crippen LogP contribution >= 0.6 is 0 Å². The van der Waals surface area contributed by atoms with Gasteiger partial charge >= 0.3 is 0 Å². The van der Waals surface area contributed by atoms with E-state index >= 15 is 0 Å². The van der Waals surface area contributed by atoms with E-state index in [1.807, 2.05) is 0 Å². The Morgan fingerprint density at radius 1 is 0.775 bits per heavy atom. The second-order valence-electron chi connectivity index (χ2n) is 12.1. The van der Waals surface area contributed by atoms with Crippen molar-refractivity contribution in [1.82, 2.24) is 24.6 Å². The van der Waals surface area contributed by atoms with Gasteiger partial charge in [-0.3, -0.25) is 4.79 Å². The first-order valence-electron chi connectivity index (χ1n) is 15.1. The summed E-state index contributed by atoms with van der Waals surface area (Å²) in [7, 11) is 4.32. The van der Waals surface area contributed by atoms with Gasteiger partial charge in [0, 0.05) is 101 Å². The number of rotatable bonds is 9. The van der Waals surface area contributed by atoms with Crippen LogP contribution in [0.5, 0.6) is 0 Å². The molecule has 4 aliphatic rings. The van der Waals surface area contributed by atoms with E-state index in [1.54, 1.807) is 0 Å². The highest BCUT2D eigenvalue weighted by molar-refractivity contribution is 6.41. The normalized spacial score (nSPS) is 22.9. The van der Waals surface area contributed by atoms with Crippen molar-refractivity contribution in [3.63, 3.8) is 0 Å². The summed E-state index contributed by atoms with van der Waals surface area (Å²) in [4.78, 5) is 13.8. The molecule has 1 aliphatic carbocycles. The lowest BCUT2D eigenvalue weighted by Gasteiger charge is -2.32. The van der Waals surface area contributed by atoms with Crippen molar-refractivity contribution in [1.29, 1.82) is 0 Å². The molecule has 4 heterocycles. The summed E-state index contributed by atoms with van der Waals surface area (Å²) in [6, 6.07) is 0. The Morgan fingerprint density at radius 2 is 1.32 bits per heavy atom. The first-order valence-corrected chi connectivity index (χ1v) is 15.1. The molecule has 0 atom stereocenters. The minimum atomic E-state index is -0.0972. The van der Waals surface area contributed by atoms with E-state index in [1.165, 1.54) is 25.7 Å². The van der Waals surface area contributed by atoms with Gasteiger partial charge in [-0.1, -0.05) is 5.76 Å². The number of hydrogen-bond acceptors (Lipinski definition) is 6. The molecule has 0 radical (unpaired) electrons. The van der Waals surface area contributed by atoms with Crippen molar-refractivity contribution in [2.45, 2.75) is 73.8 Å². The van der Waals surface area contributed by atoms with Crippen LogP contribution in [-0.2, 0) is 11.3 Å². The zero-order chi connectivity index (χ0) is 28.9. The van der Waals surface area contributed by atoms with E-state index in [4.69, 9.17) is 0 Å². The van der Waals surface area contributed by atoms with Crippen molar-refractivity contribution < 1.29 is 14.5 Å². The number of hydrazine groups is 2. The zero-order valence-corrected chi connectivity index (χ0v) is 26.0. The average Bonchev–Trinajstić information content (AvgIpc) is 3.73. The Morgan fingerprint density at radius 3 is 1.88 bits per heavy atom. The van der Waals surface area contributed by atoms with Crippen LogP contribution in [0.2, 0.25) is 0 Å². The van der Waals surface area contributed by atoms with Crippen molar-refractivity contribution in [2.75, 3.05) is 59.9 Å². The maximum atomic E-state index is 13.8. The second kappa shape index (κ2) is 11.4. The molecule has 0 N–H and O–H groups in total. The van der Waals surface area contributed by atoms with Gasteiger partial charge in [-0.25, -0.2) is 20.0 Å². The summed E-state index contributed by atoms with van der Waals surface area (Å²) >= 11 is 0. The van der Waals surface area contributed by atoms with Crippen LogP contribution in [0.25, 0.3) is 5.57 Å². The Balaban J connectivity index is 1.41. The molecule has 218 valence electrons. The van der Waals surface area contributed by atoms with Gasteiger partial charge in [-0.15, -0.1) is 0 Å². The van der Waals surface area contributed by atoms with Crippen LogP contribution < -0.4 is 5.11 Å². The summed E-state index contributed by atoms with van der Waals surface area (Å²) < 4.78 is 4.58. The molecule has 0 amide bonds. The third-order valence-corrected chi connectivity index (χ3v) is 10.0. The Kier molecular flexibility index (Phi) is 8.26. The smallest absolute Gasteiger partial charge is 0.193 e. The number of carbonyl (C=O) groups excluding carboxylic acids is 1. The Bertz CT molecular complexity index is 1330. The highest BCUT2D eigenvalue weighted by Crippen LogP contribution is 2.43. The Hall–Kier alpha value is -2.52. The lowest BCUT2D eigenvalue weighted by atomic mass is 9.78. The van der Waals surface area contributed by atoms with Crippen LogP contribution in [0.15, 0.2) is 28.2 Å². The Labute approximate surface area is 240 Å². The zero-order valence-electron chi connectivity index (χ0n) is 26.0. The van der Waals surface area contributed by atoms with Crippen molar-refractivity contribution in [2.24, 2.45) is 0 Å². The second-order valence-corrected chi connectivity index (χ2v) is 12.1. The third kappa shape index (κ3) is 4.83. The standard InChI is InChI=1S/C32H48N6O2/c1-21-23(3)37(19-17-33(7)35-13-9-10-14-35)25(5)27(21)29-31(39)30(32(29)40)28-22(2)24(4)38(26(28)6)20-18-34(8)36-15-11-12-16-36/h9-20H2,1-8H3. The summed E-state index contributed by atoms with van der Waals surface area (Å²) in [6.07, 6.45) is 5.03. The molecule has 0 saturated carbocycles. The van der Waals surface area contributed by atoms with Crippen LogP contribution in [0, 0.1) is 20.8 Å². The maximum absolute atomic E-state index is 13.8. The van der Waals surface area contributed by atoms with Gasteiger partial charge in [0.1, 0.15) is 0 Å². The van der Waals surface area contributed by atoms with Gasteiger partial charge < -0.3 is 9.67 Å². The van der Waals surface area contributed by atoms with Crippen LogP contribution in [0.4, 0.5) is 0 Å². The molecule has 8 nitrogen and oxygen atoms in total. The molecule has 8 heteroatoms. The fourth-order valence-corrected chi connectivity index (χ4v) is 7.19. The van der Waals surface area contributed by atoms with Crippen molar-refractivity contribution in [3.05, 3.63) is 50.7 Å². The predicted molar refractivity (Wildman–Crippen MR) is 159 cm³/mol. The van der Waals surface area contributed by atoms with E-state index in [0.717, 1.165) is 97.4 Å². The lowest BCUT2D eigenvalue weighted by Crippen LogP contribution is -2.41. The first-order chi connectivity index (χ1) is 19.0. The topological polar surface area (TPSA) is 61.0 Å². The molecule has 0 unspecified atom stereocenters. The predicted octanol–water partition coefficient (Wildman–Crippen LogP) is 3.03. The van der Waals surface area contributed by atoms with Gasteiger partial charge in [-0.2, -0.15) is 4.58 Å². The van der Waals surface area contributed by atoms with E-state index in [2.05, 4.69) is 84.8 Å². The van der Waals surface area contributed by atoms with Gasteiger partial charge in [0.05, 0.1) is 12.1 Å². The molecule has 0 aromatic carbocycles. The minimum Gasteiger partial charge on any atom is -0.871 e. The molecule has 2 fully saturated rings. The summed E-state index contributed by atoms with van der Waals surface area (Å²) in [5.74, 6) is -0.194. The quantitative estimate of drug-likeness (QED) is 0.349. The fourth-order valence-electron chi connectivity index (χ4n) is 7.19. The minimum absolute atomic E-state index is 0.0972. The highest BCUT2D eigenvalue weighted by atomic mass is 16.3. The van der Waals surface area contributed by atoms with E-state index < -0.39 is 0 Å². The molecular formula is C32H48N6O2. The number of hydrogen-bond donors (Lipinski definition) is 0. The van der Waals surface area contributed by atoms with Crippen molar-refractivity contribution in [3.8, 4) is 0 Å². The van der Waals surface area contributed by atoms with Crippen LogP contribution in [0.1, 0.15) is 69.0 Å². The molecule has 5 rings (SSSR count). The number of carbonyl (C=O) groups is 1. The molecule has 2 saturated heterocycles. The largest absolute Gasteiger partial charge is 0.871 e. The number of likely N-dealkylation sites (N-methyl/N-ethyl adjacent to an activating group) is 2. The third-order valence-electron chi connectivity index (χ3n) is 10.0. The monoisotopic (exact) mass is 548 g/mol. The molecule has 40 heavy (non-hydrogen) atoms. The fraction of sp³-hybridized carbons (Fsp3) is 0.625. The molecule has 1 aromatic rings. The van der Waals surface area contributed by atoms with Gasteiger partial charge in [-0.05, 0) is 58.9 Å². The van der Waals surface area contributed by atoms with E-state index in [9.17, 15) is 9.90 Å². The number of nitrogens with zero attached hydrogens (tertiary/aromatic N) is 6.